The molecule has 7 nitrogen and oxygen atoms in total. The van der Waals surface area contributed by atoms with Crippen molar-refractivity contribution in [3.8, 4) is 0 Å². The number of hydrogen-bond donors (Lipinski definition) is 2. The highest BCUT2D eigenvalue weighted by atomic mass is 16.7. The Balaban J connectivity index is 1.78. The molecule has 2 N–H and O–H groups in total. The topological polar surface area (TPSA) is 79.9 Å². The van der Waals surface area contributed by atoms with Gasteiger partial charge in [0.2, 0.25) is 11.8 Å². The first-order valence-corrected chi connectivity index (χ1v) is 14.5. The van der Waals surface area contributed by atoms with Gasteiger partial charge in [0.1, 0.15) is 5.54 Å². The third-order valence-corrected chi connectivity index (χ3v) is 9.32. The van der Waals surface area contributed by atoms with Crippen molar-refractivity contribution in [1.29, 1.82) is 0 Å². The second kappa shape index (κ2) is 10.8. The summed E-state index contributed by atoms with van der Waals surface area (Å²) in [6, 6.07) is 0. The molecule has 2 amide bonds. The van der Waals surface area contributed by atoms with Crippen molar-refractivity contribution >= 4 is 18.9 Å². The lowest BCUT2D eigenvalue weighted by atomic mass is 9.64. The van der Waals surface area contributed by atoms with Gasteiger partial charge >= 0.3 is 7.12 Å². The summed E-state index contributed by atoms with van der Waals surface area (Å²) in [6.07, 6.45) is 6.65. The smallest absolute Gasteiger partial charge is 0.403 e. The van der Waals surface area contributed by atoms with Crippen LogP contribution in [-0.2, 0) is 18.9 Å². The van der Waals surface area contributed by atoms with Gasteiger partial charge in [0.15, 0.2) is 0 Å². The highest BCUT2D eigenvalue weighted by Gasteiger charge is 2.53. The van der Waals surface area contributed by atoms with Gasteiger partial charge in [0.25, 0.3) is 0 Å². The van der Waals surface area contributed by atoms with E-state index in [0.29, 0.717) is 17.8 Å². The van der Waals surface area contributed by atoms with Gasteiger partial charge in [-0.2, -0.15) is 0 Å². The standard InChI is InChI=1S/C29H54BN3O4/c1-21(34)31-29(24(35)32-25(2,3)4)19-22(13-16-30-36-27(7,8)28(9,10)37-30)11-12-23(29)20-33-17-14-26(5,6)15-18-33/h22-23H,11-20H2,1-10H3,(H,31,34)(H,32,35)/t22-,23-,29+/m0/s1. The van der Waals surface area contributed by atoms with Crippen molar-refractivity contribution in [3.63, 3.8) is 0 Å². The normalized spacial score (nSPS) is 31.7. The molecular formula is C29H54BN3O4. The van der Waals surface area contributed by atoms with Gasteiger partial charge in [-0.3, -0.25) is 9.59 Å². The SMILES string of the molecule is CC(=O)N[C@]1(C(=O)NC(C)(C)C)C[C@H](CCB2OC(C)(C)C(C)(C)O2)CC[C@H]1CN1CCC(C)(C)CC1. The largest absolute Gasteiger partial charge is 0.457 e. The average Bonchev–Trinajstić information content (AvgIpc) is 2.94. The number of carbonyl (C=O) groups is 2. The molecule has 8 heteroatoms. The average molecular weight is 520 g/mol. The maximum Gasteiger partial charge on any atom is 0.457 e. The molecule has 0 aromatic heterocycles. The van der Waals surface area contributed by atoms with E-state index in [-0.39, 0.29) is 41.6 Å². The van der Waals surface area contributed by atoms with E-state index in [1.807, 2.05) is 20.8 Å². The molecule has 0 aromatic rings. The van der Waals surface area contributed by atoms with Crippen LogP contribution in [0.15, 0.2) is 0 Å². The van der Waals surface area contributed by atoms with Crippen molar-refractivity contribution in [2.75, 3.05) is 19.6 Å². The fourth-order valence-corrected chi connectivity index (χ4v) is 6.26. The molecule has 2 heterocycles. The molecule has 2 aliphatic heterocycles. The van der Waals surface area contributed by atoms with Gasteiger partial charge in [0.05, 0.1) is 11.2 Å². The lowest BCUT2D eigenvalue weighted by Gasteiger charge is -2.49. The second-order valence-corrected chi connectivity index (χ2v) is 14.9. The molecule has 0 radical (unpaired) electrons. The maximum absolute atomic E-state index is 14.0. The third-order valence-electron chi connectivity index (χ3n) is 9.32. The van der Waals surface area contributed by atoms with Crippen molar-refractivity contribution in [2.24, 2.45) is 17.3 Å². The number of carbonyl (C=O) groups excluding carboxylic acids is 2. The molecule has 3 atom stereocenters. The number of nitrogens with zero attached hydrogens (tertiary/aromatic N) is 1. The van der Waals surface area contributed by atoms with Crippen LogP contribution in [0, 0.1) is 17.3 Å². The van der Waals surface area contributed by atoms with Gasteiger partial charge in [-0.15, -0.1) is 0 Å². The van der Waals surface area contributed by atoms with Gasteiger partial charge in [-0.1, -0.05) is 20.3 Å². The molecule has 2 saturated heterocycles. The Morgan fingerprint density at radius 2 is 1.54 bits per heavy atom. The van der Waals surface area contributed by atoms with Crippen molar-refractivity contribution in [3.05, 3.63) is 0 Å². The molecule has 1 saturated carbocycles. The lowest BCUT2D eigenvalue weighted by Crippen LogP contribution is -2.68. The quantitative estimate of drug-likeness (QED) is 0.473. The van der Waals surface area contributed by atoms with Crippen molar-refractivity contribution in [2.45, 2.75) is 136 Å². The van der Waals surface area contributed by atoms with Crippen LogP contribution in [0.25, 0.3) is 0 Å². The molecule has 0 aromatic carbocycles. The van der Waals surface area contributed by atoms with E-state index in [0.717, 1.165) is 58.1 Å². The Bertz CT molecular complexity index is 811. The van der Waals surface area contributed by atoms with Crippen LogP contribution in [0.5, 0.6) is 0 Å². The first-order chi connectivity index (χ1) is 16.8. The predicted molar refractivity (Wildman–Crippen MR) is 150 cm³/mol. The predicted octanol–water partition coefficient (Wildman–Crippen LogP) is 4.80. The Hall–Kier alpha value is -1.12. The maximum atomic E-state index is 14.0. The summed E-state index contributed by atoms with van der Waals surface area (Å²) in [4.78, 5) is 29.1. The van der Waals surface area contributed by atoms with Crippen LogP contribution < -0.4 is 10.6 Å². The second-order valence-electron chi connectivity index (χ2n) is 14.9. The van der Waals surface area contributed by atoms with Gasteiger partial charge in [-0.25, -0.2) is 0 Å². The first kappa shape index (κ1) is 30.4. The van der Waals surface area contributed by atoms with Crippen LogP contribution in [0.2, 0.25) is 6.32 Å². The zero-order valence-corrected chi connectivity index (χ0v) is 25.4. The molecule has 0 bridgehead atoms. The summed E-state index contributed by atoms with van der Waals surface area (Å²) in [5.74, 6) is 0.208. The molecule has 3 aliphatic rings. The number of likely N-dealkylation sites (tertiary alicyclic amines) is 1. The summed E-state index contributed by atoms with van der Waals surface area (Å²) >= 11 is 0. The van der Waals surface area contributed by atoms with E-state index < -0.39 is 5.54 Å². The summed E-state index contributed by atoms with van der Waals surface area (Å²) in [5.41, 5.74) is -1.60. The van der Waals surface area contributed by atoms with E-state index in [4.69, 9.17) is 9.31 Å². The minimum absolute atomic E-state index is 0.0436. The van der Waals surface area contributed by atoms with Crippen LogP contribution in [0.4, 0.5) is 0 Å². The molecule has 1 aliphatic carbocycles. The van der Waals surface area contributed by atoms with E-state index in [9.17, 15) is 9.59 Å². The first-order valence-electron chi connectivity index (χ1n) is 14.5. The highest BCUT2D eigenvalue weighted by Crippen LogP contribution is 2.43. The Labute approximate surface area is 226 Å². The van der Waals surface area contributed by atoms with E-state index in [2.05, 4.69) is 57.1 Å². The van der Waals surface area contributed by atoms with Crippen molar-refractivity contribution < 1.29 is 18.9 Å². The van der Waals surface area contributed by atoms with Gasteiger partial charge < -0.3 is 24.8 Å². The molecule has 212 valence electrons. The molecule has 0 spiro atoms. The van der Waals surface area contributed by atoms with Gasteiger partial charge in [-0.05, 0) is 111 Å². The number of piperidine rings is 1. The molecule has 3 fully saturated rings. The minimum atomic E-state index is -0.912. The molecule has 0 unspecified atom stereocenters. The zero-order valence-electron chi connectivity index (χ0n) is 25.4. The fraction of sp³-hybridized carbons (Fsp3) is 0.931. The Kier molecular flexibility index (Phi) is 8.89. The lowest BCUT2D eigenvalue weighted by molar-refractivity contribution is -0.140. The van der Waals surface area contributed by atoms with Crippen molar-refractivity contribution in [1.82, 2.24) is 15.5 Å². The number of amides is 2. The van der Waals surface area contributed by atoms with Crippen LogP contribution >= 0.6 is 0 Å². The summed E-state index contributed by atoms with van der Waals surface area (Å²) in [5, 5.41) is 6.45. The van der Waals surface area contributed by atoms with Crippen LogP contribution in [0.3, 0.4) is 0 Å². The number of nitrogens with one attached hydrogen (secondary N) is 2. The van der Waals surface area contributed by atoms with E-state index in [1.165, 1.54) is 0 Å². The van der Waals surface area contributed by atoms with Crippen LogP contribution in [-0.4, -0.2) is 65.7 Å². The zero-order chi connectivity index (χ0) is 27.9. The summed E-state index contributed by atoms with van der Waals surface area (Å²) in [7, 11) is -0.238. The van der Waals surface area contributed by atoms with Crippen LogP contribution in [0.1, 0.15) is 108 Å². The fourth-order valence-electron chi connectivity index (χ4n) is 6.26. The molecule has 37 heavy (non-hydrogen) atoms. The Morgan fingerprint density at radius 1 is 0.973 bits per heavy atom. The Morgan fingerprint density at radius 3 is 2.05 bits per heavy atom. The summed E-state index contributed by atoms with van der Waals surface area (Å²) in [6.45, 7) is 23.5. The molecular weight excluding hydrogens is 465 g/mol. The summed E-state index contributed by atoms with van der Waals surface area (Å²) < 4.78 is 12.5. The number of hydrogen-bond acceptors (Lipinski definition) is 5. The van der Waals surface area contributed by atoms with E-state index >= 15 is 0 Å². The highest BCUT2D eigenvalue weighted by molar-refractivity contribution is 6.45. The van der Waals surface area contributed by atoms with E-state index in [1.54, 1.807) is 6.92 Å². The third kappa shape index (κ3) is 7.51. The number of rotatable bonds is 7. The van der Waals surface area contributed by atoms with Gasteiger partial charge in [0, 0.05) is 24.9 Å². The molecule has 3 rings (SSSR count). The minimum Gasteiger partial charge on any atom is -0.403 e. The monoisotopic (exact) mass is 519 g/mol.